The molecule has 0 saturated heterocycles. The number of ether oxygens (including phenoxy) is 2. The van der Waals surface area contributed by atoms with Gasteiger partial charge in [-0.2, -0.15) is 5.26 Å². The van der Waals surface area contributed by atoms with Crippen LogP contribution in [-0.2, 0) is 6.42 Å². The van der Waals surface area contributed by atoms with Gasteiger partial charge in [0.15, 0.2) is 0 Å². The number of hydrogen-bond donors (Lipinski definition) is 0. The summed E-state index contributed by atoms with van der Waals surface area (Å²) in [4.78, 5) is 0. The molecule has 3 aromatic rings. The van der Waals surface area contributed by atoms with Crippen LogP contribution in [0.25, 0.3) is 16.7 Å². The molecule has 0 aliphatic heterocycles. The molecule has 0 fully saturated rings. The molecule has 0 saturated carbocycles. The molecule has 3 nitrogen and oxygen atoms in total. The van der Waals surface area contributed by atoms with Crippen LogP contribution in [0.1, 0.15) is 22.3 Å². The number of nitriles is 1. The lowest BCUT2D eigenvalue weighted by atomic mass is 9.90. The minimum absolute atomic E-state index is 0.736. The Labute approximate surface area is 159 Å². The zero-order valence-corrected chi connectivity index (χ0v) is 15.3. The summed E-state index contributed by atoms with van der Waals surface area (Å²) < 4.78 is 11.0. The number of nitrogens with zero attached hydrogens (tertiary/aromatic N) is 1. The molecule has 3 aromatic carbocycles. The maximum Gasteiger partial charge on any atom is 0.127 e. The van der Waals surface area contributed by atoms with Gasteiger partial charge < -0.3 is 9.47 Å². The van der Waals surface area contributed by atoms with E-state index in [4.69, 9.17) is 9.47 Å². The first-order chi connectivity index (χ1) is 13.3. The number of hydrogen-bond acceptors (Lipinski definition) is 3. The topological polar surface area (TPSA) is 42.2 Å². The van der Waals surface area contributed by atoms with Crippen molar-refractivity contribution in [2.45, 2.75) is 6.42 Å². The summed E-state index contributed by atoms with van der Waals surface area (Å²) in [6, 6.07) is 22.3. The number of rotatable bonds is 4. The van der Waals surface area contributed by atoms with Crippen LogP contribution >= 0.6 is 0 Å². The van der Waals surface area contributed by atoms with E-state index in [0.717, 1.165) is 56.9 Å². The van der Waals surface area contributed by atoms with E-state index in [1.165, 1.54) is 0 Å². The normalized spacial score (nSPS) is 12.1. The lowest BCUT2D eigenvalue weighted by molar-refractivity contribution is 0.413. The minimum Gasteiger partial charge on any atom is -0.497 e. The summed E-state index contributed by atoms with van der Waals surface area (Å²) in [5.41, 5.74) is 7.29. The third-order valence-corrected chi connectivity index (χ3v) is 5.01. The maximum atomic E-state index is 9.43. The quantitative estimate of drug-likeness (QED) is 0.645. The molecule has 0 aromatic heterocycles. The van der Waals surface area contributed by atoms with E-state index in [1.807, 2.05) is 36.4 Å². The molecule has 0 unspecified atom stereocenters. The van der Waals surface area contributed by atoms with E-state index in [1.54, 1.807) is 14.2 Å². The van der Waals surface area contributed by atoms with Gasteiger partial charge in [0.05, 0.1) is 25.9 Å². The summed E-state index contributed by atoms with van der Waals surface area (Å²) in [5, 5.41) is 9.43. The van der Waals surface area contributed by atoms with Crippen LogP contribution in [-0.4, -0.2) is 14.2 Å². The zero-order chi connectivity index (χ0) is 18.8. The van der Waals surface area contributed by atoms with Crippen LogP contribution in [0, 0.1) is 11.3 Å². The highest BCUT2D eigenvalue weighted by atomic mass is 16.5. The molecule has 1 aliphatic rings. The molecular weight excluding hydrogens is 334 g/mol. The SMILES string of the molecule is COc1ccc(-c2cccc(OC)c2C2=CCc3c(C#N)cccc32)cc1. The Kier molecular flexibility index (Phi) is 4.40. The number of methoxy groups -OCH3 is 2. The molecule has 0 amide bonds. The van der Waals surface area contributed by atoms with Crippen LogP contribution < -0.4 is 9.47 Å². The molecule has 1 aliphatic carbocycles. The second-order valence-corrected chi connectivity index (χ2v) is 6.38. The summed E-state index contributed by atoms with van der Waals surface area (Å²) in [7, 11) is 3.36. The molecule has 0 N–H and O–H groups in total. The predicted molar refractivity (Wildman–Crippen MR) is 107 cm³/mol. The summed E-state index contributed by atoms with van der Waals surface area (Å²) >= 11 is 0. The molecule has 0 bridgehead atoms. The van der Waals surface area contributed by atoms with Crippen molar-refractivity contribution < 1.29 is 9.47 Å². The number of benzene rings is 3. The molecule has 0 atom stereocenters. The van der Waals surface area contributed by atoms with Crippen LogP contribution in [0.15, 0.2) is 66.7 Å². The van der Waals surface area contributed by atoms with E-state index in [-0.39, 0.29) is 0 Å². The molecule has 132 valence electrons. The first-order valence-electron chi connectivity index (χ1n) is 8.81. The van der Waals surface area contributed by atoms with E-state index < -0.39 is 0 Å². The van der Waals surface area contributed by atoms with Gasteiger partial charge in [-0.25, -0.2) is 0 Å². The van der Waals surface area contributed by atoms with Crippen LogP contribution in [0.3, 0.4) is 0 Å². The van der Waals surface area contributed by atoms with Gasteiger partial charge in [0.1, 0.15) is 11.5 Å². The van der Waals surface area contributed by atoms with Gasteiger partial charge in [-0.1, -0.05) is 42.5 Å². The maximum absolute atomic E-state index is 9.43. The minimum atomic E-state index is 0.736. The first kappa shape index (κ1) is 16.9. The van der Waals surface area contributed by atoms with E-state index >= 15 is 0 Å². The molecule has 3 heteroatoms. The van der Waals surface area contributed by atoms with Gasteiger partial charge in [0.2, 0.25) is 0 Å². The fourth-order valence-electron chi connectivity index (χ4n) is 3.70. The molecule has 0 heterocycles. The van der Waals surface area contributed by atoms with Gasteiger partial charge in [-0.05, 0) is 58.5 Å². The Bertz CT molecular complexity index is 1070. The van der Waals surface area contributed by atoms with Crippen molar-refractivity contribution in [1.82, 2.24) is 0 Å². The Morgan fingerprint density at radius 2 is 1.59 bits per heavy atom. The van der Waals surface area contributed by atoms with Crippen molar-refractivity contribution in [3.8, 4) is 28.7 Å². The van der Waals surface area contributed by atoms with Gasteiger partial charge in [0.25, 0.3) is 0 Å². The van der Waals surface area contributed by atoms with Gasteiger partial charge in [0, 0.05) is 5.56 Å². The van der Waals surface area contributed by atoms with E-state index in [9.17, 15) is 5.26 Å². The second-order valence-electron chi connectivity index (χ2n) is 6.38. The van der Waals surface area contributed by atoms with E-state index in [0.29, 0.717) is 0 Å². The molecule has 0 radical (unpaired) electrons. The first-order valence-corrected chi connectivity index (χ1v) is 8.81. The summed E-state index contributed by atoms with van der Waals surface area (Å²) in [5.74, 6) is 1.65. The van der Waals surface area contributed by atoms with Crippen LogP contribution in [0.4, 0.5) is 0 Å². The van der Waals surface area contributed by atoms with Crippen LogP contribution in [0.5, 0.6) is 11.5 Å². The molecular formula is C24H19NO2. The fourth-order valence-corrected chi connectivity index (χ4v) is 3.70. The molecule has 4 rings (SSSR count). The Balaban J connectivity index is 1.91. The lowest BCUT2D eigenvalue weighted by Crippen LogP contribution is -1.97. The number of allylic oxidation sites excluding steroid dienone is 1. The highest BCUT2D eigenvalue weighted by Crippen LogP contribution is 2.43. The Hall–Kier alpha value is -3.51. The van der Waals surface area contributed by atoms with Crippen molar-refractivity contribution in [3.05, 3.63) is 89.0 Å². The van der Waals surface area contributed by atoms with Gasteiger partial charge >= 0.3 is 0 Å². The van der Waals surface area contributed by atoms with Crippen molar-refractivity contribution >= 4 is 5.57 Å². The third-order valence-electron chi connectivity index (χ3n) is 5.01. The molecule has 0 spiro atoms. The van der Waals surface area contributed by atoms with Crippen molar-refractivity contribution in [3.63, 3.8) is 0 Å². The summed E-state index contributed by atoms with van der Waals surface area (Å²) in [6.45, 7) is 0. The lowest BCUT2D eigenvalue weighted by Gasteiger charge is -2.17. The Morgan fingerprint density at radius 1 is 0.852 bits per heavy atom. The highest BCUT2D eigenvalue weighted by molar-refractivity contribution is 5.94. The van der Waals surface area contributed by atoms with Gasteiger partial charge in [-0.3, -0.25) is 0 Å². The number of fused-ring (bicyclic) bond motifs is 1. The van der Waals surface area contributed by atoms with Crippen molar-refractivity contribution in [2.24, 2.45) is 0 Å². The van der Waals surface area contributed by atoms with Gasteiger partial charge in [-0.15, -0.1) is 0 Å². The predicted octanol–water partition coefficient (Wildman–Crippen LogP) is 5.23. The smallest absolute Gasteiger partial charge is 0.127 e. The Morgan fingerprint density at radius 3 is 2.30 bits per heavy atom. The molecule has 27 heavy (non-hydrogen) atoms. The standard InChI is InChI=1S/C24H19NO2/c1-26-18-11-9-16(10-12-18)20-6-4-8-23(27-2)24(20)22-14-13-19-17(15-25)5-3-7-21(19)22/h3-12,14H,13H2,1-2H3. The average molecular weight is 353 g/mol. The fraction of sp³-hybridized carbons (Fsp3) is 0.125. The highest BCUT2D eigenvalue weighted by Gasteiger charge is 2.23. The van der Waals surface area contributed by atoms with E-state index in [2.05, 4.69) is 36.4 Å². The van der Waals surface area contributed by atoms with Crippen molar-refractivity contribution in [1.29, 1.82) is 5.26 Å². The van der Waals surface area contributed by atoms with Crippen molar-refractivity contribution in [2.75, 3.05) is 14.2 Å². The average Bonchev–Trinajstić information content (AvgIpc) is 3.17. The zero-order valence-electron chi connectivity index (χ0n) is 15.3. The monoisotopic (exact) mass is 353 g/mol. The largest absolute Gasteiger partial charge is 0.497 e. The third kappa shape index (κ3) is 2.86. The second kappa shape index (κ2) is 7.01. The summed E-state index contributed by atoms with van der Waals surface area (Å²) in [6.07, 6.45) is 2.95. The van der Waals surface area contributed by atoms with Crippen LogP contribution in [0.2, 0.25) is 0 Å².